The highest BCUT2D eigenvalue weighted by Crippen LogP contribution is 2.43. The zero-order chi connectivity index (χ0) is 27.3. The van der Waals surface area contributed by atoms with E-state index in [0.717, 1.165) is 15.8 Å². The molecular weight excluding hydrogens is 525 g/mol. The minimum Gasteiger partial charge on any atom is -0.446 e. The number of ether oxygens (including phenoxy) is 1. The highest BCUT2D eigenvalue weighted by atomic mass is 32.1. The van der Waals surface area contributed by atoms with Gasteiger partial charge in [0.05, 0.1) is 32.9 Å². The van der Waals surface area contributed by atoms with Crippen LogP contribution in [0.25, 0.3) is 10.2 Å². The summed E-state index contributed by atoms with van der Waals surface area (Å²) in [7, 11) is 0. The number of nitriles is 1. The molecule has 2 aromatic carbocycles. The summed E-state index contributed by atoms with van der Waals surface area (Å²) in [6.07, 6.45) is 0.349. The summed E-state index contributed by atoms with van der Waals surface area (Å²) < 4.78 is 21.8. The maximum absolute atomic E-state index is 15.3. The summed E-state index contributed by atoms with van der Waals surface area (Å²) in [6.45, 7) is -0.116. The van der Waals surface area contributed by atoms with Crippen LogP contribution in [0.1, 0.15) is 64.2 Å². The Morgan fingerprint density at radius 3 is 2.85 bits per heavy atom. The molecule has 2 N–H and O–H groups in total. The Morgan fingerprint density at radius 2 is 2.08 bits per heavy atom. The number of hydrogen-bond acceptors (Lipinski definition) is 8. The standard InChI is InChI=1S/C27H22FN5O5S/c28-23-14(1-2-15-11-33(26(36)22(15)23)18-4-6-20(34)32-25(18)35)10-30-27(37)38-17-7-16(8-17)21-13(9-29)3-5-19-24(21)31-12-39-19/h1-3,5,12,16-18H,4,6-8,10-11H2,(H,30,37)(H,32,34,35). The van der Waals surface area contributed by atoms with Crippen molar-refractivity contribution in [1.29, 1.82) is 5.26 Å². The molecule has 1 aliphatic carbocycles. The van der Waals surface area contributed by atoms with Gasteiger partial charge in [-0.05, 0) is 42.9 Å². The smallest absolute Gasteiger partial charge is 0.407 e. The molecule has 2 fully saturated rings. The molecule has 0 bridgehead atoms. The van der Waals surface area contributed by atoms with Crippen molar-refractivity contribution in [2.45, 2.75) is 56.8 Å². The lowest BCUT2D eigenvalue weighted by Gasteiger charge is -2.35. The molecule has 1 atom stereocenters. The van der Waals surface area contributed by atoms with E-state index in [0.29, 0.717) is 24.0 Å². The zero-order valence-corrected chi connectivity index (χ0v) is 21.3. The number of rotatable bonds is 5. The largest absolute Gasteiger partial charge is 0.446 e. The topological polar surface area (TPSA) is 141 Å². The highest BCUT2D eigenvalue weighted by molar-refractivity contribution is 7.16. The van der Waals surface area contributed by atoms with Crippen LogP contribution in [0, 0.1) is 17.1 Å². The van der Waals surface area contributed by atoms with E-state index < -0.39 is 35.7 Å². The number of carbonyl (C=O) groups excluding carboxylic acids is 4. The van der Waals surface area contributed by atoms with E-state index in [1.807, 2.05) is 6.07 Å². The number of carbonyl (C=O) groups is 4. The van der Waals surface area contributed by atoms with Gasteiger partial charge in [0.15, 0.2) is 0 Å². The van der Waals surface area contributed by atoms with Crippen molar-refractivity contribution in [3.05, 3.63) is 63.4 Å². The Labute approximate surface area is 225 Å². The predicted octanol–water partition coefficient (Wildman–Crippen LogP) is 3.24. The molecule has 12 heteroatoms. The summed E-state index contributed by atoms with van der Waals surface area (Å²) in [4.78, 5) is 54.7. The molecule has 3 aliphatic rings. The van der Waals surface area contributed by atoms with Crippen LogP contribution in [0.15, 0.2) is 29.8 Å². The molecule has 1 aromatic heterocycles. The number of nitrogens with zero attached hydrogens (tertiary/aromatic N) is 3. The van der Waals surface area contributed by atoms with Gasteiger partial charge in [-0.3, -0.25) is 19.7 Å². The second kappa shape index (κ2) is 9.74. The minimum absolute atomic E-state index is 0.0516. The Balaban J connectivity index is 1.06. The van der Waals surface area contributed by atoms with Crippen molar-refractivity contribution >= 4 is 45.4 Å². The van der Waals surface area contributed by atoms with Gasteiger partial charge < -0.3 is 15.0 Å². The summed E-state index contributed by atoms with van der Waals surface area (Å²) >= 11 is 1.50. The first kappa shape index (κ1) is 24.9. The van der Waals surface area contributed by atoms with Crippen LogP contribution in [-0.2, 0) is 27.4 Å². The first-order valence-corrected chi connectivity index (χ1v) is 13.4. The highest BCUT2D eigenvalue weighted by Gasteiger charge is 2.41. The third kappa shape index (κ3) is 4.38. The molecular formula is C27H22FN5O5S. The van der Waals surface area contributed by atoms with Crippen LogP contribution in [0.3, 0.4) is 0 Å². The molecule has 1 saturated carbocycles. The van der Waals surface area contributed by atoms with Crippen molar-refractivity contribution in [2.75, 3.05) is 0 Å². The second-order valence-corrected chi connectivity index (χ2v) is 10.7. The lowest BCUT2D eigenvalue weighted by atomic mass is 9.75. The van der Waals surface area contributed by atoms with Gasteiger partial charge >= 0.3 is 6.09 Å². The van der Waals surface area contributed by atoms with E-state index >= 15 is 4.39 Å². The Hall–Kier alpha value is -4.37. The Bertz CT molecular complexity index is 1590. The van der Waals surface area contributed by atoms with Gasteiger partial charge in [0, 0.05) is 30.6 Å². The molecule has 1 saturated heterocycles. The molecule has 3 aromatic rings. The molecule has 1 unspecified atom stereocenters. The summed E-state index contributed by atoms with van der Waals surface area (Å²) in [5.74, 6) is -2.28. The summed E-state index contributed by atoms with van der Waals surface area (Å²) in [5.41, 5.74) is 4.44. The van der Waals surface area contributed by atoms with Gasteiger partial charge in [-0.15, -0.1) is 11.3 Å². The number of benzene rings is 2. The molecule has 10 nitrogen and oxygen atoms in total. The fraction of sp³-hybridized carbons (Fsp3) is 0.333. The van der Waals surface area contributed by atoms with Crippen LogP contribution in [0.4, 0.5) is 9.18 Å². The molecule has 2 aliphatic heterocycles. The Morgan fingerprint density at radius 1 is 1.26 bits per heavy atom. The van der Waals surface area contributed by atoms with E-state index in [-0.39, 0.29) is 49.1 Å². The molecule has 4 amide bonds. The van der Waals surface area contributed by atoms with E-state index in [1.54, 1.807) is 17.6 Å². The van der Waals surface area contributed by atoms with E-state index in [2.05, 4.69) is 21.7 Å². The van der Waals surface area contributed by atoms with Gasteiger partial charge in [-0.1, -0.05) is 12.1 Å². The van der Waals surface area contributed by atoms with E-state index in [4.69, 9.17) is 4.74 Å². The number of halogens is 1. The third-order valence-corrected chi connectivity index (χ3v) is 8.37. The van der Waals surface area contributed by atoms with Crippen molar-refractivity contribution in [3.63, 3.8) is 0 Å². The fourth-order valence-corrected chi connectivity index (χ4v) is 6.20. The first-order valence-electron chi connectivity index (χ1n) is 12.5. The number of amides is 4. The van der Waals surface area contributed by atoms with Crippen LogP contribution in [0.2, 0.25) is 0 Å². The lowest BCUT2D eigenvalue weighted by Crippen LogP contribution is -2.52. The van der Waals surface area contributed by atoms with Crippen LogP contribution < -0.4 is 10.6 Å². The summed E-state index contributed by atoms with van der Waals surface area (Å²) in [6, 6.07) is 8.15. The van der Waals surface area contributed by atoms with Crippen LogP contribution in [-0.4, -0.2) is 45.8 Å². The first-order chi connectivity index (χ1) is 18.8. The molecule has 6 rings (SSSR count). The number of alkyl carbamates (subject to hydrolysis) is 1. The van der Waals surface area contributed by atoms with Crippen molar-refractivity contribution in [3.8, 4) is 6.07 Å². The predicted molar refractivity (Wildman–Crippen MR) is 136 cm³/mol. The number of aromatic nitrogens is 1. The Kier molecular flexibility index (Phi) is 6.23. The van der Waals surface area contributed by atoms with Crippen molar-refractivity contribution < 1.29 is 28.3 Å². The van der Waals surface area contributed by atoms with E-state index in [1.165, 1.54) is 22.3 Å². The number of thiazole rings is 1. The van der Waals surface area contributed by atoms with Gasteiger partial charge in [0.25, 0.3) is 5.91 Å². The lowest BCUT2D eigenvalue weighted by molar-refractivity contribution is -0.136. The molecule has 0 radical (unpaired) electrons. The quantitative estimate of drug-likeness (QED) is 0.467. The van der Waals surface area contributed by atoms with Gasteiger partial charge in [-0.25, -0.2) is 14.2 Å². The molecule has 198 valence electrons. The van der Waals surface area contributed by atoms with Crippen LogP contribution in [0.5, 0.6) is 0 Å². The van der Waals surface area contributed by atoms with Crippen molar-refractivity contribution in [2.24, 2.45) is 0 Å². The average molecular weight is 548 g/mol. The number of piperidine rings is 1. The number of hydrogen-bond donors (Lipinski definition) is 2. The SMILES string of the molecule is N#Cc1ccc2scnc2c1C1CC(OC(=O)NCc2ccc3c(c2F)C(=O)N(C2CCC(=O)NC2=O)C3)C1. The normalized spacial score (nSPS) is 22.2. The average Bonchev–Trinajstić information content (AvgIpc) is 3.50. The van der Waals surface area contributed by atoms with Gasteiger partial charge in [0.2, 0.25) is 11.8 Å². The number of fused-ring (bicyclic) bond motifs is 2. The minimum atomic E-state index is -0.836. The maximum Gasteiger partial charge on any atom is 0.407 e. The second-order valence-electron chi connectivity index (χ2n) is 9.86. The van der Waals surface area contributed by atoms with Crippen LogP contribution >= 0.6 is 11.3 Å². The third-order valence-electron chi connectivity index (χ3n) is 7.57. The molecule has 3 heterocycles. The van der Waals surface area contributed by atoms with E-state index in [9.17, 15) is 24.4 Å². The van der Waals surface area contributed by atoms with Gasteiger partial charge in [-0.2, -0.15) is 5.26 Å². The summed E-state index contributed by atoms with van der Waals surface area (Å²) in [5, 5.41) is 14.3. The fourth-order valence-electron chi connectivity index (χ4n) is 5.51. The molecule has 0 spiro atoms. The maximum atomic E-state index is 15.3. The zero-order valence-electron chi connectivity index (χ0n) is 20.5. The van der Waals surface area contributed by atoms with Crippen molar-refractivity contribution in [1.82, 2.24) is 20.5 Å². The molecule has 39 heavy (non-hydrogen) atoms. The number of nitrogens with one attached hydrogen (secondary N) is 2. The monoisotopic (exact) mass is 547 g/mol. The van der Waals surface area contributed by atoms with Gasteiger partial charge in [0.1, 0.15) is 18.0 Å². The number of imide groups is 1.